The van der Waals surface area contributed by atoms with Crippen LogP contribution in [0.25, 0.3) is 0 Å². The maximum Gasteiger partial charge on any atom is 0.474 e. The van der Waals surface area contributed by atoms with E-state index in [2.05, 4.69) is 13.8 Å². The topological polar surface area (TPSA) is 44.8 Å². The second-order valence-electron chi connectivity index (χ2n) is 5.07. The predicted molar refractivity (Wildman–Crippen MR) is 84.0 cm³/mol. The SMILES string of the molecule is CCCCCCCCOP(=O)(OCCC)OCCCC. The molecule has 0 aromatic rings. The molecule has 1 unspecified atom stereocenters. The number of unbranched alkanes of at least 4 members (excludes halogenated alkanes) is 6. The molecule has 0 heterocycles. The largest absolute Gasteiger partial charge is 0.474 e. The van der Waals surface area contributed by atoms with E-state index in [-0.39, 0.29) is 0 Å². The Balaban J connectivity index is 3.81. The Kier molecular flexibility index (Phi) is 14.1. The molecule has 0 aromatic heterocycles. The monoisotopic (exact) mass is 308 g/mol. The fourth-order valence-electron chi connectivity index (χ4n) is 1.69. The lowest BCUT2D eigenvalue weighted by molar-refractivity contribution is 0.110. The summed E-state index contributed by atoms with van der Waals surface area (Å²) in [5, 5.41) is 0. The summed E-state index contributed by atoms with van der Waals surface area (Å²) in [6.07, 6.45) is 9.75. The predicted octanol–water partition coefficient (Wildman–Crippen LogP) is 5.71. The molecule has 0 saturated heterocycles. The van der Waals surface area contributed by atoms with Crippen molar-refractivity contribution in [2.75, 3.05) is 19.8 Å². The van der Waals surface area contributed by atoms with Gasteiger partial charge >= 0.3 is 7.82 Å². The van der Waals surface area contributed by atoms with Crippen molar-refractivity contribution in [1.29, 1.82) is 0 Å². The Morgan fingerprint density at radius 1 is 0.600 bits per heavy atom. The molecule has 0 aliphatic carbocycles. The van der Waals surface area contributed by atoms with Crippen LogP contribution in [-0.4, -0.2) is 19.8 Å². The Labute approximate surface area is 125 Å². The molecule has 0 saturated carbocycles. The van der Waals surface area contributed by atoms with Gasteiger partial charge in [-0.05, 0) is 19.3 Å². The van der Waals surface area contributed by atoms with Gasteiger partial charge in [0.15, 0.2) is 0 Å². The second kappa shape index (κ2) is 14.1. The fourth-order valence-corrected chi connectivity index (χ4v) is 3.03. The number of hydrogen-bond acceptors (Lipinski definition) is 4. The molecular weight excluding hydrogens is 275 g/mol. The molecule has 0 rings (SSSR count). The van der Waals surface area contributed by atoms with Crippen molar-refractivity contribution in [2.45, 2.75) is 78.6 Å². The summed E-state index contributed by atoms with van der Waals surface area (Å²) in [5.41, 5.74) is 0. The first kappa shape index (κ1) is 20.1. The van der Waals surface area contributed by atoms with Crippen LogP contribution in [0.2, 0.25) is 0 Å². The number of phosphoric ester groups is 1. The number of hydrogen-bond donors (Lipinski definition) is 0. The first-order valence-electron chi connectivity index (χ1n) is 8.22. The highest BCUT2D eigenvalue weighted by Crippen LogP contribution is 2.49. The van der Waals surface area contributed by atoms with Gasteiger partial charge in [0.25, 0.3) is 0 Å². The van der Waals surface area contributed by atoms with Crippen molar-refractivity contribution in [3.8, 4) is 0 Å². The van der Waals surface area contributed by atoms with E-state index >= 15 is 0 Å². The van der Waals surface area contributed by atoms with Crippen LogP contribution in [0.5, 0.6) is 0 Å². The van der Waals surface area contributed by atoms with Gasteiger partial charge in [0.05, 0.1) is 19.8 Å². The fraction of sp³-hybridized carbons (Fsp3) is 1.00. The summed E-state index contributed by atoms with van der Waals surface area (Å²) >= 11 is 0. The molecule has 0 bridgehead atoms. The van der Waals surface area contributed by atoms with Crippen molar-refractivity contribution >= 4 is 7.82 Å². The molecule has 0 fully saturated rings. The first-order chi connectivity index (χ1) is 9.68. The van der Waals surface area contributed by atoms with Crippen LogP contribution in [0, 0.1) is 0 Å². The minimum Gasteiger partial charge on any atom is -0.287 e. The minimum atomic E-state index is -3.33. The molecule has 0 N–H and O–H groups in total. The molecule has 0 aliphatic heterocycles. The molecule has 20 heavy (non-hydrogen) atoms. The molecule has 122 valence electrons. The highest BCUT2D eigenvalue weighted by Gasteiger charge is 2.25. The molecule has 0 spiro atoms. The lowest BCUT2D eigenvalue weighted by Gasteiger charge is -2.17. The third-order valence-electron chi connectivity index (χ3n) is 2.95. The average Bonchev–Trinajstić information content (AvgIpc) is 2.45. The Hall–Kier alpha value is 0.110. The lowest BCUT2D eigenvalue weighted by atomic mass is 10.1. The lowest BCUT2D eigenvalue weighted by Crippen LogP contribution is -2.03. The van der Waals surface area contributed by atoms with Crippen molar-refractivity contribution in [3.05, 3.63) is 0 Å². The zero-order valence-corrected chi connectivity index (χ0v) is 14.5. The molecule has 0 aliphatic rings. The van der Waals surface area contributed by atoms with E-state index in [9.17, 15) is 4.57 Å². The minimum absolute atomic E-state index is 0.417. The van der Waals surface area contributed by atoms with Gasteiger partial charge in [-0.3, -0.25) is 13.6 Å². The quantitative estimate of drug-likeness (QED) is 0.287. The maximum absolute atomic E-state index is 12.3. The van der Waals surface area contributed by atoms with Crippen LogP contribution in [0.15, 0.2) is 0 Å². The van der Waals surface area contributed by atoms with Gasteiger partial charge in [-0.2, -0.15) is 0 Å². The standard InChI is InChI=1S/C15H33O4P/c1-4-7-9-10-11-12-15-19-20(16,17-13-6-3)18-14-8-5-2/h4-15H2,1-3H3. The number of rotatable bonds is 15. The Morgan fingerprint density at radius 3 is 1.70 bits per heavy atom. The van der Waals surface area contributed by atoms with Crippen LogP contribution in [0.4, 0.5) is 0 Å². The van der Waals surface area contributed by atoms with E-state index in [4.69, 9.17) is 13.6 Å². The van der Waals surface area contributed by atoms with Crippen LogP contribution >= 0.6 is 7.82 Å². The van der Waals surface area contributed by atoms with E-state index in [0.717, 1.165) is 32.1 Å². The van der Waals surface area contributed by atoms with Gasteiger partial charge < -0.3 is 0 Å². The second-order valence-corrected chi connectivity index (χ2v) is 6.74. The van der Waals surface area contributed by atoms with Crippen LogP contribution in [-0.2, 0) is 18.1 Å². The van der Waals surface area contributed by atoms with E-state index in [1.54, 1.807) is 0 Å². The molecule has 4 nitrogen and oxygen atoms in total. The average molecular weight is 308 g/mol. The van der Waals surface area contributed by atoms with Gasteiger partial charge in [0.1, 0.15) is 0 Å². The van der Waals surface area contributed by atoms with Crippen LogP contribution < -0.4 is 0 Å². The van der Waals surface area contributed by atoms with Crippen molar-refractivity contribution < 1.29 is 18.1 Å². The van der Waals surface area contributed by atoms with E-state index < -0.39 is 7.82 Å². The molecule has 0 amide bonds. The summed E-state index contributed by atoms with van der Waals surface area (Å²) in [5.74, 6) is 0. The highest BCUT2D eigenvalue weighted by atomic mass is 31.2. The molecule has 0 radical (unpaired) electrons. The van der Waals surface area contributed by atoms with Gasteiger partial charge in [-0.15, -0.1) is 0 Å². The normalized spacial score (nSPS) is 14.3. The van der Waals surface area contributed by atoms with Crippen molar-refractivity contribution in [2.24, 2.45) is 0 Å². The smallest absolute Gasteiger partial charge is 0.287 e. The molecule has 0 aromatic carbocycles. The maximum atomic E-state index is 12.3. The third-order valence-corrected chi connectivity index (χ3v) is 4.44. The summed E-state index contributed by atoms with van der Waals surface area (Å²) in [7, 11) is -3.33. The van der Waals surface area contributed by atoms with E-state index in [1.165, 1.54) is 25.7 Å². The van der Waals surface area contributed by atoms with Gasteiger partial charge in [0, 0.05) is 0 Å². The highest BCUT2D eigenvalue weighted by molar-refractivity contribution is 7.48. The van der Waals surface area contributed by atoms with E-state index in [0.29, 0.717) is 19.8 Å². The summed E-state index contributed by atoms with van der Waals surface area (Å²) in [4.78, 5) is 0. The van der Waals surface area contributed by atoms with Crippen molar-refractivity contribution in [1.82, 2.24) is 0 Å². The summed E-state index contributed by atoms with van der Waals surface area (Å²) in [6.45, 7) is 7.56. The summed E-state index contributed by atoms with van der Waals surface area (Å²) in [6, 6.07) is 0. The zero-order valence-electron chi connectivity index (χ0n) is 13.6. The van der Waals surface area contributed by atoms with Crippen molar-refractivity contribution in [3.63, 3.8) is 0 Å². The van der Waals surface area contributed by atoms with E-state index in [1.807, 2.05) is 6.92 Å². The first-order valence-corrected chi connectivity index (χ1v) is 9.68. The van der Waals surface area contributed by atoms with Crippen LogP contribution in [0.3, 0.4) is 0 Å². The zero-order chi connectivity index (χ0) is 15.1. The summed E-state index contributed by atoms with van der Waals surface area (Å²) < 4.78 is 28.3. The molecule has 1 atom stereocenters. The van der Waals surface area contributed by atoms with Crippen LogP contribution in [0.1, 0.15) is 78.6 Å². The Morgan fingerprint density at radius 2 is 1.10 bits per heavy atom. The molecular formula is C15H33O4P. The van der Waals surface area contributed by atoms with Gasteiger partial charge in [-0.1, -0.05) is 59.3 Å². The molecule has 5 heteroatoms. The third kappa shape index (κ3) is 11.9. The Bertz CT molecular complexity index is 246. The number of phosphoric acid groups is 1. The van der Waals surface area contributed by atoms with Gasteiger partial charge in [-0.25, -0.2) is 4.57 Å². The van der Waals surface area contributed by atoms with Gasteiger partial charge in [0.2, 0.25) is 0 Å².